The van der Waals surface area contributed by atoms with Crippen molar-refractivity contribution < 1.29 is 14.6 Å². The Balaban J connectivity index is 1.83. The zero-order valence-electron chi connectivity index (χ0n) is 15.3. The molecule has 0 radical (unpaired) electrons. The number of aromatic nitrogens is 2. The fourth-order valence-corrected chi connectivity index (χ4v) is 2.50. The van der Waals surface area contributed by atoms with E-state index in [0.29, 0.717) is 28.7 Å². The van der Waals surface area contributed by atoms with Gasteiger partial charge in [-0.15, -0.1) is 0 Å². The molecule has 1 heterocycles. The highest BCUT2D eigenvalue weighted by atomic mass is 16.5. The van der Waals surface area contributed by atoms with Crippen LogP contribution in [0.5, 0.6) is 17.2 Å². The fraction of sp³-hybridized carbons (Fsp3) is 0.150. The lowest BCUT2D eigenvalue weighted by atomic mass is 10.2. The van der Waals surface area contributed by atoms with E-state index in [1.807, 2.05) is 25.1 Å². The van der Waals surface area contributed by atoms with E-state index in [-0.39, 0.29) is 5.75 Å². The maximum Gasteiger partial charge on any atom is 0.165 e. The number of nitrogens with zero attached hydrogens (tertiary/aromatic N) is 3. The van der Waals surface area contributed by atoms with Gasteiger partial charge in [0.2, 0.25) is 0 Å². The van der Waals surface area contributed by atoms with Crippen molar-refractivity contribution in [1.29, 1.82) is 0 Å². The molecule has 2 aromatic carbocycles. The fourth-order valence-electron chi connectivity index (χ4n) is 2.50. The molecule has 0 bridgehead atoms. The summed E-state index contributed by atoms with van der Waals surface area (Å²) in [7, 11) is 3.19. The van der Waals surface area contributed by atoms with Gasteiger partial charge in [0.05, 0.1) is 26.0 Å². The summed E-state index contributed by atoms with van der Waals surface area (Å²) in [6, 6.07) is 14.2. The van der Waals surface area contributed by atoms with E-state index < -0.39 is 0 Å². The molecule has 7 nitrogen and oxygen atoms in total. The molecule has 3 rings (SSSR count). The van der Waals surface area contributed by atoms with Crippen LogP contribution >= 0.6 is 0 Å². The smallest absolute Gasteiger partial charge is 0.165 e. The number of methoxy groups -OCH3 is 2. The van der Waals surface area contributed by atoms with Crippen LogP contribution in [0.2, 0.25) is 0 Å². The van der Waals surface area contributed by atoms with Crippen LogP contribution in [0.1, 0.15) is 11.3 Å². The maximum absolute atomic E-state index is 10.0. The van der Waals surface area contributed by atoms with Crippen LogP contribution in [-0.2, 0) is 0 Å². The average molecular weight is 364 g/mol. The minimum atomic E-state index is 0.125. The van der Waals surface area contributed by atoms with Crippen molar-refractivity contribution >= 4 is 12.0 Å². The van der Waals surface area contributed by atoms with Gasteiger partial charge in [-0.3, -0.25) is 5.43 Å². The molecule has 0 unspecified atom stereocenters. The van der Waals surface area contributed by atoms with Crippen LogP contribution in [0, 0.1) is 6.92 Å². The molecule has 0 saturated carbocycles. The third-order valence-corrected chi connectivity index (χ3v) is 3.82. The van der Waals surface area contributed by atoms with E-state index in [9.17, 15) is 5.11 Å². The van der Waals surface area contributed by atoms with Gasteiger partial charge in [-0.05, 0) is 31.2 Å². The van der Waals surface area contributed by atoms with E-state index >= 15 is 0 Å². The molecular weight excluding hydrogens is 344 g/mol. The molecule has 0 aliphatic rings. The number of hydrogen-bond donors (Lipinski definition) is 2. The first-order valence-electron chi connectivity index (χ1n) is 8.26. The van der Waals surface area contributed by atoms with E-state index in [2.05, 4.69) is 20.5 Å². The quantitative estimate of drug-likeness (QED) is 0.513. The SMILES string of the molecule is COc1ccc(C=NNc2cc(C)nc(-c3ccccc3O)n2)c(OC)c1. The predicted molar refractivity (Wildman–Crippen MR) is 105 cm³/mol. The zero-order chi connectivity index (χ0) is 19.2. The summed E-state index contributed by atoms with van der Waals surface area (Å²) in [5.74, 6) is 2.42. The Kier molecular flexibility index (Phi) is 5.51. The lowest BCUT2D eigenvalue weighted by Crippen LogP contribution is -2.00. The second-order valence-electron chi connectivity index (χ2n) is 5.71. The molecule has 2 N–H and O–H groups in total. The molecular formula is C20H20N4O3. The molecule has 3 aromatic rings. The summed E-state index contributed by atoms with van der Waals surface area (Å²) >= 11 is 0. The standard InChI is InChI=1S/C20H20N4O3/c1-13-10-19(23-20(22-13)16-6-4-5-7-17(16)25)24-21-12-14-8-9-15(26-2)11-18(14)27-3/h4-12,25H,1-3H3,(H,22,23,24). The van der Waals surface area contributed by atoms with E-state index in [1.165, 1.54) is 0 Å². The van der Waals surface area contributed by atoms with E-state index in [4.69, 9.17) is 9.47 Å². The van der Waals surface area contributed by atoms with E-state index in [1.54, 1.807) is 50.8 Å². The Bertz CT molecular complexity index is 973. The number of phenolic OH excluding ortho intramolecular Hbond substituents is 1. The average Bonchev–Trinajstić information content (AvgIpc) is 2.68. The van der Waals surface area contributed by atoms with Crippen molar-refractivity contribution in [1.82, 2.24) is 9.97 Å². The summed E-state index contributed by atoms with van der Waals surface area (Å²) in [5.41, 5.74) is 5.00. The Hall–Kier alpha value is -3.61. The zero-order valence-corrected chi connectivity index (χ0v) is 15.3. The summed E-state index contributed by atoms with van der Waals surface area (Å²) in [6.45, 7) is 1.85. The highest BCUT2D eigenvalue weighted by Crippen LogP contribution is 2.27. The van der Waals surface area contributed by atoms with Gasteiger partial charge in [0.15, 0.2) is 11.6 Å². The van der Waals surface area contributed by atoms with Crippen molar-refractivity contribution in [3.05, 3.63) is 59.8 Å². The van der Waals surface area contributed by atoms with Crippen molar-refractivity contribution in [2.75, 3.05) is 19.6 Å². The number of ether oxygens (including phenoxy) is 2. The molecule has 0 saturated heterocycles. The highest BCUT2D eigenvalue weighted by Gasteiger charge is 2.09. The number of rotatable bonds is 6. The van der Waals surface area contributed by atoms with Gasteiger partial charge < -0.3 is 14.6 Å². The van der Waals surface area contributed by atoms with Crippen LogP contribution < -0.4 is 14.9 Å². The number of anilines is 1. The lowest BCUT2D eigenvalue weighted by Gasteiger charge is -2.08. The molecule has 0 amide bonds. The first kappa shape index (κ1) is 18.2. The first-order chi connectivity index (χ1) is 13.1. The molecule has 7 heteroatoms. The Morgan fingerprint density at radius 2 is 1.85 bits per heavy atom. The van der Waals surface area contributed by atoms with Gasteiger partial charge in [0, 0.05) is 23.4 Å². The highest BCUT2D eigenvalue weighted by molar-refractivity contribution is 5.84. The van der Waals surface area contributed by atoms with Crippen LogP contribution in [0.25, 0.3) is 11.4 Å². The minimum absolute atomic E-state index is 0.125. The molecule has 0 atom stereocenters. The van der Waals surface area contributed by atoms with Crippen LogP contribution in [0.4, 0.5) is 5.82 Å². The maximum atomic E-state index is 10.0. The summed E-state index contributed by atoms with van der Waals surface area (Å²) in [4.78, 5) is 8.80. The Morgan fingerprint density at radius 3 is 2.59 bits per heavy atom. The second-order valence-corrected chi connectivity index (χ2v) is 5.71. The summed E-state index contributed by atoms with van der Waals surface area (Å²) in [5, 5.41) is 14.2. The van der Waals surface area contributed by atoms with E-state index in [0.717, 1.165) is 11.3 Å². The monoisotopic (exact) mass is 364 g/mol. The number of hydrogen-bond acceptors (Lipinski definition) is 7. The van der Waals surface area contributed by atoms with Crippen LogP contribution in [0.3, 0.4) is 0 Å². The lowest BCUT2D eigenvalue weighted by molar-refractivity contribution is 0.394. The van der Waals surface area contributed by atoms with Gasteiger partial charge in [0.25, 0.3) is 0 Å². The number of aryl methyl sites for hydroxylation is 1. The van der Waals surface area contributed by atoms with Gasteiger partial charge in [-0.25, -0.2) is 9.97 Å². The number of aromatic hydroxyl groups is 1. The van der Waals surface area contributed by atoms with Crippen molar-refractivity contribution in [2.24, 2.45) is 5.10 Å². The molecule has 1 aromatic heterocycles. The number of benzene rings is 2. The largest absolute Gasteiger partial charge is 0.507 e. The molecule has 0 fully saturated rings. The topological polar surface area (TPSA) is 88.9 Å². The second kappa shape index (κ2) is 8.18. The van der Waals surface area contributed by atoms with Crippen molar-refractivity contribution in [2.45, 2.75) is 6.92 Å². The number of phenols is 1. The normalized spacial score (nSPS) is 10.8. The summed E-state index contributed by atoms with van der Waals surface area (Å²) in [6.07, 6.45) is 1.63. The van der Waals surface area contributed by atoms with Gasteiger partial charge in [-0.2, -0.15) is 5.10 Å². The number of nitrogens with one attached hydrogen (secondary N) is 1. The van der Waals surface area contributed by atoms with Crippen molar-refractivity contribution in [3.63, 3.8) is 0 Å². The Labute approximate surface area is 157 Å². The van der Waals surface area contributed by atoms with Gasteiger partial charge >= 0.3 is 0 Å². The molecule has 0 aliphatic carbocycles. The number of hydrazone groups is 1. The van der Waals surface area contributed by atoms with Crippen LogP contribution in [-0.4, -0.2) is 35.5 Å². The van der Waals surface area contributed by atoms with Gasteiger partial charge in [0.1, 0.15) is 17.2 Å². The first-order valence-corrected chi connectivity index (χ1v) is 8.26. The van der Waals surface area contributed by atoms with Crippen LogP contribution in [0.15, 0.2) is 53.6 Å². The third kappa shape index (κ3) is 4.33. The molecule has 138 valence electrons. The Morgan fingerprint density at radius 1 is 1.04 bits per heavy atom. The minimum Gasteiger partial charge on any atom is -0.507 e. The summed E-state index contributed by atoms with van der Waals surface area (Å²) < 4.78 is 10.5. The van der Waals surface area contributed by atoms with Crippen molar-refractivity contribution in [3.8, 4) is 28.6 Å². The third-order valence-electron chi connectivity index (χ3n) is 3.82. The molecule has 27 heavy (non-hydrogen) atoms. The number of para-hydroxylation sites is 1. The molecule has 0 aliphatic heterocycles. The predicted octanol–water partition coefficient (Wildman–Crippen LogP) is 3.62. The van der Waals surface area contributed by atoms with Gasteiger partial charge in [-0.1, -0.05) is 12.1 Å². The molecule has 0 spiro atoms.